The lowest BCUT2D eigenvalue weighted by Gasteiger charge is -2.35. The van der Waals surface area contributed by atoms with Gasteiger partial charge in [0.25, 0.3) is 5.91 Å². The van der Waals surface area contributed by atoms with E-state index in [1.807, 2.05) is 25.7 Å². The fraction of sp³-hybridized carbons (Fsp3) is 0.533. The predicted molar refractivity (Wildman–Crippen MR) is 84.2 cm³/mol. The molecule has 2 aromatic rings. The predicted octanol–water partition coefficient (Wildman–Crippen LogP) is 2.26. The first-order chi connectivity index (χ1) is 10.6. The molecule has 22 heavy (non-hydrogen) atoms. The van der Waals surface area contributed by atoms with E-state index in [1.54, 1.807) is 6.20 Å². The summed E-state index contributed by atoms with van der Waals surface area (Å²) in [6.07, 6.45) is 2.54. The number of carbonyl (C=O) groups excluding carboxylic acids is 1. The van der Waals surface area contributed by atoms with Crippen molar-refractivity contribution >= 4 is 17.2 Å². The van der Waals surface area contributed by atoms with Crippen LogP contribution >= 0.6 is 11.3 Å². The minimum Gasteiger partial charge on any atom is -0.377 e. The summed E-state index contributed by atoms with van der Waals surface area (Å²) in [6.45, 7) is 7.65. The Bertz CT molecular complexity index is 659. The highest BCUT2D eigenvalue weighted by molar-refractivity contribution is 7.13. The molecule has 3 rings (SSSR count). The number of carbonyl (C=O) groups is 1. The summed E-state index contributed by atoms with van der Waals surface area (Å²) < 4.78 is 5.61. The van der Waals surface area contributed by atoms with Crippen molar-refractivity contribution in [3.05, 3.63) is 33.0 Å². The number of rotatable bonds is 3. The third-order valence-electron chi connectivity index (χ3n) is 3.97. The topological polar surface area (TPSA) is 71.1 Å². The minimum atomic E-state index is -0.0906. The van der Waals surface area contributed by atoms with Crippen molar-refractivity contribution < 1.29 is 9.53 Å². The van der Waals surface area contributed by atoms with Gasteiger partial charge in [-0.3, -0.25) is 9.89 Å². The Morgan fingerprint density at radius 3 is 3.00 bits per heavy atom. The molecular weight excluding hydrogens is 300 g/mol. The maximum absolute atomic E-state index is 12.9. The first-order valence-electron chi connectivity index (χ1n) is 7.46. The molecule has 1 N–H and O–H groups in total. The molecule has 0 radical (unpaired) electrons. The average molecular weight is 320 g/mol. The SMILES string of the molecule is CCc1ncc(C(=O)N2CCOC[C@H]2c2c(C)n[nH]c2C)s1. The molecule has 1 saturated heterocycles. The van der Waals surface area contributed by atoms with Crippen molar-refractivity contribution in [1.82, 2.24) is 20.1 Å². The molecule has 118 valence electrons. The highest BCUT2D eigenvalue weighted by Gasteiger charge is 2.33. The summed E-state index contributed by atoms with van der Waals surface area (Å²) in [5.74, 6) is 0.0329. The molecule has 0 unspecified atom stereocenters. The van der Waals surface area contributed by atoms with Gasteiger partial charge in [0.1, 0.15) is 4.88 Å². The van der Waals surface area contributed by atoms with Crippen LogP contribution in [0.2, 0.25) is 0 Å². The Hall–Kier alpha value is -1.73. The Balaban J connectivity index is 1.91. The van der Waals surface area contributed by atoms with Crippen molar-refractivity contribution in [2.45, 2.75) is 33.2 Å². The number of aryl methyl sites for hydroxylation is 3. The lowest BCUT2D eigenvalue weighted by molar-refractivity contribution is -0.00276. The second-order valence-corrected chi connectivity index (χ2v) is 6.52. The van der Waals surface area contributed by atoms with Gasteiger partial charge in [0.15, 0.2) is 0 Å². The van der Waals surface area contributed by atoms with Crippen LogP contribution in [0.25, 0.3) is 0 Å². The van der Waals surface area contributed by atoms with Gasteiger partial charge in [-0.15, -0.1) is 11.3 Å². The van der Waals surface area contributed by atoms with Gasteiger partial charge in [-0.25, -0.2) is 4.98 Å². The third kappa shape index (κ3) is 2.66. The Morgan fingerprint density at radius 2 is 2.36 bits per heavy atom. The van der Waals surface area contributed by atoms with Crippen LogP contribution in [0, 0.1) is 13.8 Å². The van der Waals surface area contributed by atoms with E-state index in [0.29, 0.717) is 24.6 Å². The number of aromatic nitrogens is 3. The molecule has 1 amide bonds. The van der Waals surface area contributed by atoms with Gasteiger partial charge in [-0.2, -0.15) is 5.10 Å². The van der Waals surface area contributed by atoms with Gasteiger partial charge >= 0.3 is 0 Å². The number of morpholine rings is 1. The van der Waals surface area contributed by atoms with Crippen molar-refractivity contribution in [2.24, 2.45) is 0 Å². The summed E-state index contributed by atoms with van der Waals surface area (Å²) in [4.78, 5) is 19.7. The molecule has 1 atom stereocenters. The van der Waals surface area contributed by atoms with Crippen LogP contribution in [0.3, 0.4) is 0 Å². The summed E-state index contributed by atoms with van der Waals surface area (Å²) in [5, 5.41) is 8.23. The summed E-state index contributed by atoms with van der Waals surface area (Å²) in [6, 6.07) is -0.0906. The molecule has 1 aliphatic heterocycles. The number of ether oxygens (including phenoxy) is 1. The van der Waals surface area contributed by atoms with Gasteiger partial charge in [-0.1, -0.05) is 6.92 Å². The molecule has 1 fully saturated rings. The number of nitrogens with zero attached hydrogens (tertiary/aromatic N) is 3. The van der Waals surface area contributed by atoms with Gasteiger partial charge < -0.3 is 9.64 Å². The van der Waals surface area contributed by atoms with Crippen molar-refractivity contribution in [2.75, 3.05) is 19.8 Å². The van der Waals surface area contributed by atoms with E-state index in [2.05, 4.69) is 15.2 Å². The van der Waals surface area contributed by atoms with Crippen LogP contribution in [0.4, 0.5) is 0 Å². The molecule has 0 saturated carbocycles. The molecule has 6 nitrogen and oxygen atoms in total. The Morgan fingerprint density at radius 1 is 1.55 bits per heavy atom. The first-order valence-corrected chi connectivity index (χ1v) is 8.28. The number of nitrogens with one attached hydrogen (secondary N) is 1. The van der Waals surface area contributed by atoms with E-state index in [9.17, 15) is 4.79 Å². The van der Waals surface area contributed by atoms with E-state index < -0.39 is 0 Å². The first kappa shape index (κ1) is 15.2. The van der Waals surface area contributed by atoms with Crippen LogP contribution in [0.1, 0.15) is 44.6 Å². The zero-order chi connectivity index (χ0) is 15.7. The molecule has 1 aliphatic rings. The van der Waals surface area contributed by atoms with Crippen molar-refractivity contribution in [3.63, 3.8) is 0 Å². The quantitative estimate of drug-likeness (QED) is 0.941. The standard InChI is InChI=1S/C15H20N4O2S/c1-4-13-16-7-12(22-13)15(20)19-5-6-21-8-11(19)14-9(2)17-18-10(14)3/h7,11H,4-6,8H2,1-3H3,(H,17,18)/t11-/m0/s1. The fourth-order valence-corrected chi connectivity index (χ4v) is 3.66. The molecular formula is C15H20N4O2S. The summed E-state index contributed by atoms with van der Waals surface area (Å²) in [7, 11) is 0. The van der Waals surface area contributed by atoms with E-state index in [4.69, 9.17) is 4.74 Å². The van der Waals surface area contributed by atoms with E-state index >= 15 is 0 Å². The number of hydrogen-bond acceptors (Lipinski definition) is 5. The second kappa shape index (κ2) is 6.18. The average Bonchev–Trinajstić information content (AvgIpc) is 3.14. The maximum atomic E-state index is 12.9. The lowest BCUT2D eigenvalue weighted by atomic mass is 10.0. The second-order valence-electron chi connectivity index (χ2n) is 5.41. The lowest BCUT2D eigenvalue weighted by Crippen LogP contribution is -2.43. The summed E-state index contributed by atoms with van der Waals surface area (Å²) in [5.41, 5.74) is 2.97. The van der Waals surface area contributed by atoms with Crippen LogP contribution in [-0.4, -0.2) is 45.7 Å². The Labute approximate surface area is 133 Å². The molecule has 0 bridgehead atoms. The number of thiazole rings is 1. The van der Waals surface area contributed by atoms with Gasteiger partial charge in [0.2, 0.25) is 0 Å². The highest BCUT2D eigenvalue weighted by atomic mass is 32.1. The third-order valence-corrected chi connectivity index (χ3v) is 5.10. The number of aromatic amines is 1. The van der Waals surface area contributed by atoms with E-state index in [1.165, 1.54) is 11.3 Å². The zero-order valence-corrected chi connectivity index (χ0v) is 13.9. The van der Waals surface area contributed by atoms with Crippen molar-refractivity contribution in [1.29, 1.82) is 0 Å². The van der Waals surface area contributed by atoms with E-state index in [-0.39, 0.29) is 11.9 Å². The monoisotopic (exact) mass is 320 g/mol. The zero-order valence-electron chi connectivity index (χ0n) is 13.0. The molecule has 0 spiro atoms. The molecule has 0 aliphatic carbocycles. The van der Waals surface area contributed by atoms with Crippen LogP contribution in [-0.2, 0) is 11.2 Å². The van der Waals surface area contributed by atoms with Gasteiger partial charge in [-0.05, 0) is 20.3 Å². The highest BCUT2D eigenvalue weighted by Crippen LogP contribution is 2.30. The normalized spacial score (nSPS) is 18.7. The van der Waals surface area contributed by atoms with Crippen LogP contribution in [0.15, 0.2) is 6.20 Å². The Kier molecular flexibility index (Phi) is 4.26. The molecule has 2 aromatic heterocycles. The maximum Gasteiger partial charge on any atom is 0.266 e. The van der Waals surface area contributed by atoms with E-state index in [0.717, 1.165) is 28.4 Å². The number of H-pyrrole nitrogens is 1. The largest absolute Gasteiger partial charge is 0.377 e. The number of hydrogen-bond donors (Lipinski definition) is 1. The number of amides is 1. The molecule has 0 aromatic carbocycles. The van der Waals surface area contributed by atoms with Crippen molar-refractivity contribution in [3.8, 4) is 0 Å². The van der Waals surface area contributed by atoms with Gasteiger partial charge in [0.05, 0.1) is 36.2 Å². The summed E-state index contributed by atoms with van der Waals surface area (Å²) >= 11 is 1.48. The van der Waals surface area contributed by atoms with Crippen LogP contribution in [0.5, 0.6) is 0 Å². The fourth-order valence-electron chi connectivity index (χ4n) is 2.85. The molecule has 7 heteroatoms. The smallest absolute Gasteiger partial charge is 0.266 e. The van der Waals surface area contributed by atoms with Gasteiger partial charge in [0, 0.05) is 17.8 Å². The minimum absolute atomic E-state index is 0.0329. The molecule has 3 heterocycles. The van der Waals surface area contributed by atoms with Crippen LogP contribution < -0.4 is 0 Å².